The van der Waals surface area contributed by atoms with Crippen molar-refractivity contribution in [2.24, 2.45) is 5.92 Å². The maximum absolute atomic E-state index is 12.0. The normalized spacial score (nSPS) is 14.9. The Morgan fingerprint density at radius 2 is 2.40 bits per heavy atom. The summed E-state index contributed by atoms with van der Waals surface area (Å²) in [6.45, 7) is 5.75. The van der Waals surface area contributed by atoms with Crippen LogP contribution < -0.4 is 10.9 Å². The third kappa shape index (κ3) is 2.03. The van der Waals surface area contributed by atoms with Crippen molar-refractivity contribution in [2.45, 2.75) is 33.2 Å². The Morgan fingerprint density at radius 1 is 1.60 bits per heavy atom. The van der Waals surface area contributed by atoms with Gasteiger partial charge in [-0.15, -0.1) is 0 Å². The summed E-state index contributed by atoms with van der Waals surface area (Å²) in [5.74, 6) is 0.442. The van der Waals surface area contributed by atoms with E-state index in [1.807, 2.05) is 6.20 Å². The summed E-state index contributed by atoms with van der Waals surface area (Å²) in [6.07, 6.45) is 3.88. The van der Waals surface area contributed by atoms with Crippen molar-refractivity contribution in [1.29, 1.82) is 0 Å². The molecule has 2 rings (SSSR count). The first-order valence-electron chi connectivity index (χ1n) is 5.51. The van der Waals surface area contributed by atoms with E-state index in [0.717, 1.165) is 30.6 Å². The fraction of sp³-hybridized carbons (Fsp3) is 0.636. The van der Waals surface area contributed by atoms with Crippen molar-refractivity contribution in [3.05, 3.63) is 22.1 Å². The van der Waals surface area contributed by atoms with Crippen LogP contribution in [-0.2, 0) is 13.0 Å². The summed E-state index contributed by atoms with van der Waals surface area (Å²) < 4.78 is 1.56. The number of nitrogens with one attached hydrogen (secondary N) is 1. The minimum absolute atomic E-state index is 0.0286. The Morgan fingerprint density at radius 3 is 3.13 bits per heavy atom. The summed E-state index contributed by atoms with van der Waals surface area (Å²) in [4.78, 5) is 12.0. The molecule has 0 aliphatic carbocycles. The van der Waals surface area contributed by atoms with Gasteiger partial charge in [0.05, 0.1) is 6.20 Å². The average molecular weight is 207 g/mol. The molecule has 1 N–H and O–H groups in total. The Labute approximate surface area is 89.3 Å². The number of rotatable bonds is 2. The van der Waals surface area contributed by atoms with Gasteiger partial charge in [-0.05, 0) is 18.8 Å². The minimum Gasteiger partial charge on any atom is -0.380 e. The fourth-order valence-electron chi connectivity index (χ4n) is 1.87. The van der Waals surface area contributed by atoms with E-state index in [1.54, 1.807) is 4.68 Å². The van der Waals surface area contributed by atoms with Gasteiger partial charge in [0.25, 0.3) is 5.56 Å². The predicted octanol–water partition coefficient (Wildman–Crippen LogP) is 1.26. The van der Waals surface area contributed by atoms with E-state index in [0.29, 0.717) is 12.5 Å². The number of hydrogen-bond acceptors (Lipinski definition) is 3. The molecule has 1 aromatic rings. The predicted molar refractivity (Wildman–Crippen MR) is 60.1 cm³/mol. The zero-order valence-corrected chi connectivity index (χ0v) is 9.29. The van der Waals surface area contributed by atoms with Crippen LogP contribution in [0, 0.1) is 5.92 Å². The van der Waals surface area contributed by atoms with E-state index in [1.165, 1.54) is 0 Å². The molecule has 4 heteroatoms. The van der Waals surface area contributed by atoms with Gasteiger partial charge in [0.2, 0.25) is 0 Å². The summed E-state index contributed by atoms with van der Waals surface area (Å²) >= 11 is 0. The molecule has 82 valence electrons. The number of aromatic nitrogens is 2. The van der Waals surface area contributed by atoms with Crippen LogP contribution in [0.25, 0.3) is 0 Å². The fourth-order valence-corrected chi connectivity index (χ4v) is 1.87. The summed E-state index contributed by atoms with van der Waals surface area (Å²) in [6, 6.07) is 0. The van der Waals surface area contributed by atoms with Crippen molar-refractivity contribution in [3.8, 4) is 0 Å². The molecule has 0 radical (unpaired) electrons. The second-order valence-electron chi connectivity index (χ2n) is 4.46. The van der Waals surface area contributed by atoms with E-state index in [-0.39, 0.29) is 5.56 Å². The third-order valence-corrected chi connectivity index (χ3v) is 2.59. The van der Waals surface area contributed by atoms with Crippen LogP contribution >= 0.6 is 0 Å². The zero-order chi connectivity index (χ0) is 10.8. The molecule has 0 bridgehead atoms. The maximum atomic E-state index is 12.0. The SMILES string of the molecule is CC(C)Cn1ncc2c(c1=O)NCCC2. The lowest BCUT2D eigenvalue weighted by atomic mass is 10.1. The van der Waals surface area contributed by atoms with Crippen LogP contribution in [-0.4, -0.2) is 16.3 Å². The van der Waals surface area contributed by atoms with Gasteiger partial charge in [-0.2, -0.15) is 5.10 Å². The number of fused-ring (bicyclic) bond motifs is 1. The van der Waals surface area contributed by atoms with Crippen LogP contribution in [0.1, 0.15) is 25.8 Å². The molecule has 15 heavy (non-hydrogen) atoms. The Kier molecular flexibility index (Phi) is 2.75. The monoisotopic (exact) mass is 207 g/mol. The molecule has 2 heterocycles. The molecule has 0 spiro atoms. The number of nitrogens with zero attached hydrogens (tertiary/aromatic N) is 2. The van der Waals surface area contributed by atoms with Gasteiger partial charge in [0.1, 0.15) is 5.69 Å². The van der Waals surface area contributed by atoms with Crippen molar-refractivity contribution in [1.82, 2.24) is 9.78 Å². The van der Waals surface area contributed by atoms with Gasteiger partial charge in [-0.3, -0.25) is 4.79 Å². The third-order valence-electron chi connectivity index (χ3n) is 2.59. The lowest BCUT2D eigenvalue weighted by Gasteiger charge is -2.18. The van der Waals surface area contributed by atoms with Crippen LogP contribution in [0.3, 0.4) is 0 Å². The van der Waals surface area contributed by atoms with E-state index in [4.69, 9.17) is 0 Å². The minimum atomic E-state index is 0.0286. The molecule has 0 saturated carbocycles. The van der Waals surface area contributed by atoms with Crippen molar-refractivity contribution in [3.63, 3.8) is 0 Å². The number of anilines is 1. The Bertz CT molecular complexity index is 409. The number of aryl methyl sites for hydroxylation is 1. The lowest BCUT2D eigenvalue weighted by molar-refractivity contribution is 0.462. The molecule has 1 aliphatic heterocycles. The van der Waals surface area contributed by atoms with E-state index >= 15 is 0 Å². The summed E-state index contributed by atoms with van der Waals surface area (Å²) in [5, 5.41) is 7.37. The first-order chi connectivity index (χ1) is 7.18. The molecule has 4 nitrogen and oxygen atoms in total. The Balaban J connectivity index is 2.39. The Hall–Kier alpha value is -1.32. The molecule has 0 atom stereocenters. The van der Waals surface area contributed by atoms with E-state index in [2.05, 4.69) is 24.3 Å². The molecule has 0 fully saturated rings. The smallest absolute Gasteiger partial charge is 0.290 e. The highest BCUT2D eigenvalue weighted by Crippen LogP contribution is 2.15. The average Bonchev–Trinajstić information content (AvgIpc) is 2.22. The highest BCUT2D eigenvalue weighted by Gasteiger charge is 2.14. The number of hydrogen-bond donors (Lipinski definition) is 1. The van der Waals surface area contributed by atoms with Crippen LogP contribution in [0.15, 0.2) is 11.0 Å². The molecular weight excluding hydrogens is 190 g/mol. The first-order valence-corrected chi connectivity index (χ1v) is 5.51. The maximum Gasteiger partial charge on any atom is 0.290 e. The second kappa shape index (κ2) is 4.04. The van der Waals surface area contributed by atoms with Gasteiger partial charge >= 0.3 is 0 Å². The lowest BCUT2D eigenvalue weighted by Crippen LogP contribution is -2.30. The standard InChI is InChI=1S/C11H17N3O/c1-8(2)7-14-11(15)10-9(6-13-14)4-3-5-12-10/h6,8,12H,3-5,7H2,1-2H3. The summed E-state index contributed by atoms with van der Waals surface area (Å²) in [5.41, 5.74) is 1.85. The van der Waals surface area contributed by atoms with Gasteiger partial charge in [-0.25, -0.2) is 4.68 Å². The van der Waals surface area contributed by atoms with Crippen LogP contribution in [0.5, 0.6) is 0 Å². The van der Waals surface area contributed by atoms with Gasteiger partial charge in [-0.1, -0.05) is 13.8 Å². The molecule has 0 amide bonds. The first kappa shape index (κ1) is 10.2. The van der Waals surface area contributed by atoms with Gasteiger partial charge < -0.3 is 5.32 Å². The summed E-state index contributed by atoms with van der Waals surface area (Å²) in [7, 11) is 0. The van der Waals surface area contributed by atoms with Gasteiger partial charge in [0, 0.05) is 18.7 Å². The second-order valence-corrected chi connectivity index (χ2v) is 4.46. The van der Waals surface area contributed by atoms with Crippen molar-refractivity contribution in [2.75, 3.05) is 11.9 Å². The highest BCUT2D eigenvalue weighted by atomic mass is 16.1. The van der Waals surface area contributed by atoms with E-state index in [9.17, 15) is 4.79 Å². The van der Waals surface area contributed by atoms with Crippen molar-refractivity contribution < 1.29 is 0 Å². The van der Waals surface area contributed by atoms with Crippen LogP contribution in [0.4, 0.5) is 5.69 Å². The molecule has 0 aromatic carbocycles. The largest absolute Gasteiger partial charge is 0.380 e. The van der Waals surface area contributed by atoms with Gasteiger partial charge in [0.15, 0.2) is 0 Å². The molecule has 1 aromatic heterocycles. The topological polar surface area (TPSA) is 46.9 Å². The van der Waals surface area contributed by atoms with Crippen LogP contribution in [0.2, 0.25) is 0 Å². The molecule has 1 aliphatic rings. The molecule has 0 saturated heterocycles. The zero-order valence-electron chi connectivity index (χ0n) is 9.29. The molecule has 0 unspecified atom stereocenters. The van der Waals surface area contributed by atoms with E-state index < -0.39 is 0 Å². The van der Waals surface area contributed by atoms with Crippen molar-refractivity contribution >= 4 is 5.69 Å². The quantitative estimate of drug-likeness (QED) is 0.794. The highest BCUT2D eigenvalue weighted by molar-refractivity contribution is 5.49. The molecular formula is C11H17N3O.